The first-order valence-corrected chi connectivity index (χ1v) is 7.35. The summed E-state index contributed by atoms with van der Waals surface area (Å²) >= 11 is 0. The van der Waals surface area contributed by atoms with Crippen LogP contribution in [0.4, 0.5) is 14.9 Å². The molecule has 1 unspecified atom stereocenters. The van der Waals surface area contributed by atoms with Crippen molar-refractivity contribution in [2.45, 2.75) is 6.42 Å². The number of anilines is 1. The van der Waals surface area contributed by atoms with Crippen LogP contribution in [-0.4, -0.2) is 30.6 Å². The fourth-order valence-electron chi connectivity index (χ4n) is 2.14. The van der Waals surface area contributed by atoms with Gasteiger partial charge in [-0.3, -0.25) is 9.78 Å². The molecule has 2 N–H and O–H groups in total. The Bertz CT molecular complexity index is 677. The van der Waals surface area contributed by atoms with Crippen LogP contribution in [0, 0.1) is 11.7 Å². The summed E-state index contributed by atoms with van der Waals surface area (Å²) < 4.78 is 17.7. The number of amides is 2. The van der Waals surface area contributed by atoms with Gasteiger partial charge in [0.1, 0.15) is 5.82 Å². The summed E-state index contributed by atoms with van der Waals surface area (Å²) in [5.74, 6) is -1.36. The number of esters is 1. The van der Waals surface area contributed by atoms with Gasteiger partial charge in [-0.05, 0) is 36.2 Å². The molecule has 1 aromatic carbocycles. The molecule has 2 aromatic rings. The largest absolute Gasteiger partial charge is 0.469 e. The fraction of sp³-hybridized carbons (Fsp3) is 0.235. The van der Waals surface area contributed by atoms with Crippen molar-refractivity contribution in [3.05, 3.63) is 60.2 Å². The quantitative estimate of drug-likeness (QED) is 0.797. The molecule has 126 valence electrons. The Morgan fingerprint density at radius 3 is 2.62 bits per heavy atom. The van der Waals surface area contributed by atoms with Gasteiger partial charge in [0.15, 0.2) is 0 Å². The third-order valence-corrected chi connectivity index (χ3v) is 3.36. The lowest BCUT2D eigenvalue weighted by molar-refractivity contribution is -0.145. The van der Waals surface area contributed by atoms with Crippen LogP contribution in [0.3, 0.4) is 0 Å². The van der Waals surface area contributed by atoms with Gasteiger partial charge >= 0.3 is 12.0 Å². The Labute approximate surface area is 139 Å². The number of methoxy groups -OCH3 is 1. The molecule has 0 aliphatic heterocycles. The molecule has 0 spiro atoms. The molecule has 1 heterocycles. The van der Waals surface area contributed by atoms with E-state index in [0.717, 1.165) is 5.56 Å². The minimum Gasteiger partial charge on any atom is -0.469 e. The highest BCUT2D eigenvalue weighted by Gasteiger charge is 2.20. The predicted octanol–water partition coefficient (Wildman–Crippen LogP) is 2.37. The molecule has 2 rings (SSSR count). The van der Waals surface area contributed by atoms with Crippen LogP contribution in [0.1, 0.15) is 5.56 Å². The van der Waals surface area contributed by atoms with E-state index in [4.69, 9.17) is 4.74 Å². The number of hydrogen-bond donors (Lipinski definition) is 2. The summed E-state index contributed by atoms with van der Waals surface area (Å²) in [7, 11) is 1.29. The predicted molar refractivity (Wildman–Crippen MR) is 86.9 cm³/mol. The number of nitrogens with one attached hydrogen (secondary N) is 2. The third-order valence-electron chi connectivity index (χ3n) is 3.36. The van der Waals surface area contributed by atoms with E-state index in [-0.39, 0.29) is 12.4 Å². The zero-order chi connectivity index (χ0) is 17.4. The number of nitrogens with zero attached hydrogens (tertiary/aromatic N) is 1. The Morgan fingerprint density at radius 1 is 1.25 bits per heavy atom. The van der Waals surface area contributed by atoms with Gasteiger partial charge in [-0.15, -0.1) is 0 Å². The van der Waals surface area contributed by atoms with Gasteiger partial charge in [0.25, 0.3) is 0 Å². The summed E-state index contributed by atoms with van der Waals surface area (Å²) in [5, 5.41) is 5.24. The average molecular weight is 331 g/mol. The van der Waals surface area contributed by atoms with Gasteiger partial charge in [-0.2, -0.15) is 0 Å². The third kappa shape index (κ3) is 5.35. The Morgan fingerprint density at radius 2 is 2.00 bits per heavy atom. The summed E-state index contributed by atoms with van der Waals surface area (Å²) in [6, 6.07) is 8.79. The highest BCUT2D eigenvalue weighted by atomic mass is 19.1. The number of ether oxygens (including phenoxy) is 1. The SMILES string of the molecule is COC(=O)C(CNC(=O)Nc1cccnc1)Cc1ccc(F)cc1. The molecule has 7 heteroatoms. The smallest absolute Gasteiger partial charge is 0.319 e. The molecule has 0 aliphatic rings. The van der Waals surface area contributed by atoms with Crippen molar-refractivity contribution in [3.8, 4) is 0 Å². The zero-order valence-electron chi connectivity index (χ0n) is 13.2. The number of rotatable bonds is 6. The maximum Gasteiger partial charge on any atom is 0.319 e. The fourth-order valence-corrected chi connectivity index (χ4v) is 2.14. The van der Waals surface area contributed by atoms with E-state index >= 15 is 0 Å². The zero-order valence-corrected chi connectivity index (χ0v) is 13.2. The summed E-state index contributed by atoms with van der Waals surface area (Å²) in [4.78, 5) is 27.6. The lowest BCUT2D eigenvalue weighted by Gasteiger charge is -2.16. The lowest BCUT2D eigenvalue weighted by atomic mass is 9.99. The minimum atomic E-state index is -0.569. The molecule has 0 saturated heterocycles. The van der Waals surface area contributed by atoms with Crippen LogP contribution in [0.5, 0.6) is 0 Å². The molecular weight excluding hydrogens is 313 g/mol. The molecule has 0 fully saturated rings. The first-order valence-electron chi connectivity index (χ1n) is 7.35. The molecule has 1 atom stereocenters. The van der Waals surface area contributed by atoms with Gasteiger partial charge in [-0.25, -0.2) is 9.18 Å². The number of urea groups is 1. The molecule has 6 nitrogen and oxygen atoms in total. The molecule has 24 heavy (non-hydrogen) atoms. The van der Waals surface area contributed by atoms with Gasteiger partial charge in [0, 0.05) is 12.7 Å². The van der Waals surface area contributed by atoms with E-state index in [0.29, 0.717) is 12.1 Å². The van der Waals surface area contributed by atoms with Gasteiger partial charge in [0.2, 0.25) is 0 Å². The van der Waals surface area contributed by atoms with E-state index in [2.05, 4.69) is 15.6 Å². The molecule has 0 aliphatic carbocycles. The van der Waals surface area contributed by atoms with Crippen LogP contribution in [-0.2, 0) is 16.0 Å². The van der Waals surface area contributed by atoms with Gasteiger partial charge in [-0.1, -0.05) is 12.1 Å². The molecule has 1 aromatic heterocycles. The van der Waals surface area contributed by atoms with Gasteiger partial charge in [0.05, 0.1) is 24.9 Å². The van der Waals surface area contributed by atoms with E-state index in [1.54, 1.807) is 30.5 Å². The van der Waals surface area contributed by atoms with Crippen molar-refractivity contribution in [3.63, 3.8) is 0 Å². The van der Waals surface area contributed by atoms with Crippen LogP contribution >= 0.6 is 0 Å². The minimum absolute atomic E-state index is 0.0934. The van der Waals surface area contributed by atoms with Crippen molar-refractivity contribution in [2.24, 2.45) is 5.92 Å². The van der Waals surface area contributed by atoms with Crippen LogP contribution in [0.25, 0.3) is 0 Å². The van der Waals surface area contributed by atoms with Crippen LogP contribution in [0.2, 0.25) is 0 Å². The topological polar surface area (TPSA) is 80.3 Å². The van der Waals surface area contributed by atoms with Crippen LogP contribution < -0.4 is 10.6 Å². The number of carbonyl (C=O) groups is 2. The molecular formula is C17H18FN3O3. The second-order valence-electron chi connectivity index (χ2n) is 5.13. The normalized spacial score (nSPS) is 11.4. The van der Waals surface area contributed by atoms with Crippen LogP contribution in [0.15, 0.2) is 48.8 Å². The van der Waals surface area contributed by atoms with Crippen molar-refractivity contribution in [2.75, 3.05) is 19.0 Å². The number of halogens is 1. The maximum atomic E-state index is 12.9. The van der Waals surface area contributed by atoms with Crippen molar-refractivity contribution >= 4 is 17.7 Å². The van der Waals surface area contributed by atoms with E-state index in [9.17, 15) is 14.0 Å². The summed E-state index contributed by atoms with van der Waals surface area (Å²) in [6.07, 6.45) is 3.44. The lowest BCUT2D eigenvalue weighted by Crippen LogP contribution is -2.37. The highest BCUT2D eigenvalue weighted by molar-refractivity contribution is 5.89. The van der Waals surface area contributed by atoms with E-state index in [1.165, 1.54) is 25.4 Å². The van der Waals surface area contributed by atoms with E-state index in [1.807, 2.05) is 0 Å². The van der Waals surface area contributed by atoms with Crippen molar-refractivity contribution in [1.29, 1.82) is 0 Å². The number of carbonyl (C=O) groups excluding carboxylic acids is 2. The molecule has 0 bridgehead atoms. The highest BCUT2D eigenvalue weighted by Crippen LogP contribution is 2.11. The summed E-state index contributed by atoms with van der Waals surface area (Å²) in [6.45, 7) is 0.0934. The number of benzene rings is 1. The summed E-state index contributed by atoms with van der Waals surface area (Å²) in [5.41, 5.74) is 1.32. The molecule has 2 amide bonds. The Hall–Kier alpha value is -2.96. The average Bonchev–Trinajstić information content (AvgIpc) is 2.60. The standard InChI is InChI=1S/C17H18FN3O3/c1-24-16(22)13(9-12-4-6-14(18)7-5-12)10-20-17(23)21-15-3-2-8-19-11-15/h2-8,11,13H,9-10H2,1H3,(H2,20,21,23). The second kappa shape index (κ2) is 8.61. The Kier molecular flexibility index (Phi) is 6.24. The number of aromatic nitrogens is 1. The number of pyridine rings is 1. The van der Waals surface area contributed by atoms with Crippen molar-refractivity contribution < 1.29 is 18.7 Å². The maximum absolute atomic E-state index is 12.9. The number of hydrogen-bond acceptors (Lipinski definition) is 4. The molecule has 0 saturated carbocycles. The van der Waals surface area contributed by atoms with Gasteiger partial charge < -0.3 is 15.4 Å². The second-order valence-corrected chi connectivity index (χ2v) is 5.13. The first-order chi connectivity index (χ1) is 11.6. The van der Waals surface area contributed by atoms with Crippen molar-refractivity contribution in [1.82, 2.24) is 10.3 Å². The Balaban J connectivity index is 1.92. The first kappa shape index (κ1) is 17.4. The van der Waals surface area contributed by atoms with E-state index < -0.39 is 17.9 Å². The monoisotopic (exact) mass is 331 g/mol. The molecule has 0 radical (unpaired) electrons.